The van der Waals surface area contributed by atoms with Gasteiger partial charge in [0.05, 0.1) is 0 Å². The molecule has 0 amide bonds. The number of hydrogen-bond acceptors (Lipinski definition) is 3. The number of rotatable bonds is 0. The third-order valence-corrected chi connectivity index (χ3v) is 2.18. The standard InChI is InChI=1S/C9H10BNO2/c1-5-6(11)4-7-9(8(5)10)13-3-2-12-7/h4H,2-3,11H2,1H3. The molecule has 13 heavy (non-hydrogen) atoms. The van der Waals surface area contributed by atoms with E-state index in [1.165, 1.54) is 0 Å². The second kappa shape index (κ2) is 2.87. The number of ether oxygens (including phenoxy) is 2. The molecule has 0 saturated carbocycles. The molecule has 0 spiro atoms. The van der Waals surface area contributed by atoms with Crippen molar-refractivity contribution < 1.29 is 9.47 Å². The summed E-state index contributed by atoms with van der Waals surface area (Å²) in [5.74, 6) is 1.27. The van der Waals surface area contributed by atoms with Gasteiger partial charge in [-0.3, -0.25) is 0 Å². The van der Waals surface area contributed by atoms with Crippen LogP contribution in [0.4, 0.5) is 5.69 Å². The first kappa shape index (κ1) is 8.29. The summed E-state index contributed by atoms with van der Waals surface area (Å²) in [5.41, 5.74) is 7.80. The molecule has 1 aliphatic heterocycles. The number of fused-ring (bicyclic) bond motifs is 1. The van der Waals surface area contributed by atoms with Gasteiger partial charge < -0.3 is 15.2 Å². The van der Waals surface area contributed by atoms with Crippen molar-refractivity contribution in [2.24, 2.45) is 0 Å². The van der Waals surface area contributed by atoms with Gasteiger partial charge in [0.15, 0.2) is 11.5 Å². The molecule has 0 fully saturated rings. The van der Waals surface area contributed by atoms with Crippen LogP contribution in [0.2, 0.25) is 0 Å². The average molecular weight is 175 g/mol. The smallest absolute Gasteiger partial charge is 0.162 e. The second-order valence-electron chi connectivity index (χ2n) is 3.03. The highest BCUT2D eigenvalue weighted by atomic mass is 16.6. The van der Waals surface area contributed by atoms with Crippen LogP contribution in [0, 0.1) is 6.92 Å². The van der Waals surface area contributed by atoms with Crippen molar-refractivity contribution in [1.29, 1.82) is 0 Å². The Bertz CT molecular complexity index is 352. The molecule has 4 heteroatoms. The third-order valence-electron chi connectivity index (χ3n) is 2.18. The molecule has 1 aliphatic rings. The molecule has 2 radical (unpaired) electrons. The summed E-state index contributed by atoms with van der Waals surface area (Å²) in [6, 6.07) is 1.75. The highest BCUT2D eigenvalue weighted by Gasteiger charge is 2.16. The molecule has 0 bridgehead atoms. The molecular formula is C9H10BNO2. The number of anilines is 1. The quantitative estimate of drug-likeness (QED) is 0.450. The van der Waals surface area contributed by atoms with E-state index >= 15 is 0 Å². The van der Waals surface area contributed by atoms with Crippen LogP contribution >= 0.6 is 0 Å². The van der Waals surface area contributed by atoms with Crippen LogP contribution < -0.4 is 20.7 Å². The van der Waals surface area contributed by atoms with Gasteiger partial charge in [-0.05, 0) is 17.9 Å². The average Bonchev–Trinajstić information content (AvgIpc) is 2.15. The molecule has 1 aromatic carbocycles. The van der Waals surface area contributed by atoms with E-state index in [-0.39, 0.29) is 0 Å². The Balaban J connectivity index is 2.60. The molecular weight excluding hydrogens is 165 g/mol. The highest BCUT2D eigenvalue weighted by Crippen LogP contribution is 2.31. The van der Waals surface area contributed by atoms with E-state index in [2.05, 4.69) is 0 Å². The maximum Gasteiger partial charge on any atom is 0.162 e. The summed E-state index contributed by atoms with van der Waals surface area (Å²) in [6.07, 6.45) is 0. The minimum Gasteiger partial charge on any atom is -0.487 e. The summed E-state index contributed by atoms with van der Waals surface area (Å²) in [6.45, 7) is 2.96. The Labute approximate surface area is 78.2 Å². The van der Waals surface area contributed by atoms with E-state index in [1.54, 1.807) is 6.07 Å². The Kier molecular flexibility index (Phi) is 1.83. The molecule has 0 unspecified atom stereocenters. The van der Waals surface area contributed by atoms with Gasteiger partial charge in [-0.25, -0.2) is 0 Å². The minimum absolute atomic E-state index is 0.542. The largest absolute Gasteiger partial charge is 0.487 e. The van der Waals surface area contributed by atoms with Crippen LogP contribution in [-0.4, -0.2) is 21.1 Å². The first-order valence-corrected chi connectivity index (χ1v) is 4.14. The van der Waals surface area contributed by atoms with Crippen molar-refractivity contribution in [3.05, 3.63) is 11.6 Å². The lowest BCUT2D eigenvalue weighted by Gasteiger charge is -2.22. The molecule has 2 N–H and O–H groups in total. The summed E-state index contributed by atoms with van der Waals surface area (Å²) in [7, 11) is 5.82. The number of nitrogen functional groups attached to an aromatic ring is 1. The maximum atomic E-state index is 5.82. The summed E-state index contributed by atoms with van der Waals surface area (Å²) in [4.78, 5) is 0. The Morgan fingerprint density at radius 3 is 2.85 bits per heavy atom. The fourth-order valence-corrected chi connectivity index (χ4v) is 1.33. The predicted octanol–water partition coefficient (Wildman–Crippen LogP) is 0.142. The van der Waals surface area contributed by atoms with Gasteiger partial charge in [-0.2, -0.15) is 0 Å². The fourth-order valence-electron chi connectivity index (χ4n) is 1.33. The SMILES string of the molecule is [B]c1c(C)c(N)cc2c1OCCO2. The van der Waals surface area contributed by atoms with Gasteiger partial charge in [0.1, 0.15) is 21.1 Å². The molecule has 1 aromatic rings. The van der Waals surface area contributed by atoms with Crippen molar-refractivity contribution in [2.75, 3.05) is 18.9 Å². The Morgan fingerprint density at radius 2 is 2.08 bits per heavy atom. The number of hydrogen-bond donors (Lipinski definition) is 1. The molecule has 66 valence electrons. The van der Waals surface area contributed by atoms with Crippen molar-refractivity contribution in [3.63, 3.8) is 0 Å². The van der Waals surface area contributed by atoms with Gasteiger partial charge in [0.2, 0.25) is 0 Å². The van der Waals surface area contributed by atoms with Crippen molar-refractivity contribution in [3.8, 4) is 11.5 Å². The van der Waals surface area contributed by atoms with Crippen LogP contribution in [0.5, 0.6) is 11.5 Å². The van der Waals surface area contributed by atoms with Gasteiger partial charge in [-0.1, -0.05) is 0 Å². The summed E-state index contributed by atoms with van der Waals surface area (Å²) >= 11 is 0. The molecule has 2 rings (SSSR count). The van der Waals surface area contributed by atoms with E-state index in [0.29, 0.717) is 35.9 Å². The number of nitrogens with two attached hydrogens (primary N) is 1. The molecule has 0 atom stereocenters. The maximum absolute atomic E-state index is 5.82. The number of benzene rings is 1. The lowest BCUT2D eigenvalue weighted by molar-refractivity contribution is 0.173. The topological polar surface area (TPSA) is 44.5 Å². The second-order valence-corrected chi connectivity index (χ2v) is 3.03. The normalized spacial score (nSPS) is 14.2. The van der Waals surface area contributed by atoms with E-state index < -0.39 is 0 Å². The molecule has 0 saturated heterocycles. The first-order chi connectivity index (χ1) is 6.20. The zero-order chi connectivity index (χ0) is 9.42. The minimum atomic E-state index is 0.542. The van der Waals surface area contributed by atoms with E-state index in [1.807, 2.05) is 6.92 Å². The van der Waals surface area contributed by atoms with Crippen molar-refractivity contribution in [2.45, 2.75) is 6.92 Å². The highest BCUT2D eigenvalue weighted by molar-refractivity contribution is 6.36. The van der Waals surface area contributed by atoms with Crippen LogP contribution in [-0.2, 0) is 0 Å². The lowest BCUT2D eigenvalue weighted by atomic mass is 9.88. The molecule has 0 aliphatic carbocycles. The lowest BCUT2D eigenvalue weighted by Crippen LogP contribution is -2.23. The van der Waals surface area contributed by atoms with Crippen LogP contribution in [0.15, 0.2) is 6.07 Å². The van der Waals surface area contributed by atoms with Gasteiger partial charge in [0.25, 0.3) is 0 Å². The van der Waals surface area contributed by atoms with Crippen LogP contribution in [0.3, 0.4) is 0 Å². The zero-order valence-corrected chi connectivity index (χ0v) is 7.46. The van der Waals surface area contributed by atoms with Crippen molar-refractivity contribution in [1.82, 2.24) is 0 Å². The van der Waals surface area contributed by atoms with E-state index in [4.69, 9.17) is 23.1 Å². The third kappa shape index (κ3) is 1.22. The molecule has 3 nitrogen and oxygen atoms in total. The summed E-state index contributed by atoms with van der Waals surface area (Å²) in [5, 5.41) is 0. The van der Waals surface area contributed by atoms with Gasteiger partial charge in [0, 0.05) is 11.8 Å². The Hall–Kier alpha value is -1.32. The summed E-state index contributed by atoms with van der Waals surface area (Å²) < 4.78 is 10.7. The van der Waals surface area contributed by atoms with E-state index in [0.717, 1.165) is 5.56 Å². The van der Waals surface area contributed by atoms with Gasteiger partial charge in [-0.15, -0.1) is 0 Å². The monoisotopic (exact) mass is 175 g/mol. The van der Waals surface area contributed by atoms with Gasteiger partial charge >= 0.3 is 0 Å². The molecule has 0 aromatic heterocycles. The van der Waals surface area contributed by atoms with Crippen LogP contribution in [0.1, 0.15) is 5.56 Å². The molecule has 1 heterocycles. The van der Waals surface area contributed by atoms with Crippen molar-refractivity contribution >= 4 is 19.0 Å². The zero-order valence-electron chi connectivity index (χ0n) is 7.46. The Morgan fingerprint density at radius 1 is 1.38 bits per heavy atom. The van der Waals surface area contributed by atoms with Crippen LogP contribution in [0.25, 0.3) is 0 Å². The van der Waals surface area contributed by atoms with E-state index in [9.17, 15) is 0 Å². The predicted molar refractivity (Wildman–Crippen MR) is 52.0 cm³/mol. The fraction of sp³-hybridized carbons (Fsp3) is 0.333. The first-order valence-electron chi connectivity index (χ1n) is 4.14.